The van der Waals surface area contributed by atoms with Crippen molar-refractivity contribution in [1.29, 1.82) is 0 Å². The van der Waals surface area contributed by atoms with Crippen LogP contribution in [0.5, 0.6) is 23.0 Å². The Morgan fingerprint density at radius 3 is 2.44 bits per heavy atom. The summed E-state index contributed by atoms with van der Waals surface area (Å²) in [5, 5.41) is 13.2. The van der Waals surface area contributed by atoms with Crippen LogP contribution in [0.15, 0.2) is 46.7 Å². The van der Waals surface area contributed by atoms with Crippen molar-refractivity contribution in [2.45, 2.75) is 18.6 Å². The van der Waals surface area contributed by atoms with Gasteiger partial charge in [-0.05, 0) is 37.3 Å². The summed E-state index contributed by atoms with van der Waals surface area (Å²) in [6.45, 7) is 2.63. The van der Waals surface area contributed by atoms with Crippen LogP contribution in [0.3, 0.4) is 0 Å². The van der Waals surface area contributed by atoms with E-state index in [0.717, 1.165) is 5.56 Å². The number of hydrogen-bond donors (Lipinski definition) is 1. The van der Waals surface area contributed by atoms with Gasteiger partial charge in [-0.15, -0.1) is 10.2 Å². The number of hydrazone groups is 1. The van der Waals surface area contributed by atoms with Gasteiger partial charge >= 0.3 is 0 Å². The van der Waals surface area contributed by atoms with Gasteiger partial charge < -0.3 is 23.5 Å². The Morgan fingerprint density at radius 1 is 1.00 bits per heavy atom. The van der Waals surface area contributed by atoms with Crippen LogP contribution >= 0.6 is 11.8 Å². The van der Waals surface area contributed by atoms with Crippen molar-refractivity contribution in [1.82, 2.24) is 20.2 Å². The van der Waals surface area contributed by atoms with Crippen LogP contribution in [0.25, 0.3) is 11.4 Å². The van der Waals surface area contributed by atoms with Gasteiger partial charge in [0.05, 0.1) is 40.4 Å². The molecule has 2 aromatic carbocycles. The number of benzene rings is 2. The van der Waals surface area contributed by atoms with Crippen molar-refractivity contribution in [2.75, 3.05) is 34.2 Å². The summed E-state index contributed by atoms with van der Waals surface area (Å²) in [4.78, 5) is 12.3. The molecule has 0 radical (unpaired) electrons. The van der Waals surface area contributed by atoms with Crippen molar-refractivity contribution in [3.63, 3.8) is 0 Å². The number of nitrogens with one attached hydrogen (secondary N) is 1. The maximum atomic E-state index is 12.3. The van der Waals surface area contributed by atoms with Crippen molar-refractivity contribution in [3.8, 4) is 34.4 Å². The van der Waals surface area contributed by atoms with E-state index >= 15 is 0 Å². The first-order valence-electron chi connectivity index (χ1n) is 10.4. The second-order valence-electron chi connectivity index (χ2n) is 6.81. The second-order valence-corrected chi connectivity index (χ2v) is 7.75. The first kappa shape index (κ1) is 24.9. The van der Waals surface area contributed by atoms with Crippen molar-refractivity contribution in [3.05, 3.63) is 42.0 Å². The minimum atomic E-state index is -0.271. The average Bonchev–Trinajstić information content (AvgIpc) is 3.29. The zero-order valence-corrected chi connectivity index (χ0v) is 20.5. The fourth-order valence-electron chi connectivity index (χ4n) is 3.13. The Balaban J connectivity index is 1.64. The number of aromatic nitrogens is 3. The van der Waals surface area contributed by atoms with E-state index in [0.29, 0.717) is 46.1 Å². The number of methoxy groups -OCH3 is 4. The zero-order chi connectivity index (χ0) is 24.5. The number of rotatable bonds is 11. The molecule has 180 valence electrons. The quantitative estimate of drug-likeness (QED) is 0.250. The topological polar surface area (TPSA) is 109 Å². The van der Waals surface area contributed by atoms with Crippen LogP contribution in [0.4, 0.5) is 0 Å². The van der Waals surface area contributed by atoms with E-state index in [1.165, 1.54) is 18.0 Å². The Bertz CT molecular complexity index is 1160. The Morgan fingerprint density at radius 2 is 1.76 bits per heavy atom. The van der Waals surface area contributed by atoms with Gasteiger partial charge in [-0.2, -0.15) is 5.10 Å². The van der Waals surface area contributed by atoms with E-state index in [2.05, 4.69) is 20.7 Å². The monoisotopic (exact) mass is 485 g/mol. The second kappa shape index (κ2) is 11.9. The molecule has 1 N–H and O–H groups in total. The zero-order valence-electron chi connectivity index (χ0n) is 19.7. The van der Waals surface area contributed by atoms with Crippen molar-refractivity contribution >= 4 is 23.9 Å². The SMILES string of the molecule is CCn1c(SCC(=O)NN=Cc2ccc(OC)cc2OC)nnc1-c1ccc(OC)c(OC)c1. The van der Waals surface area contributed by atoms with E-state index < -0.39 is 0 Å². The predicted octanol–water partition coefficient (Wildman–Crippen LogP) is 3.24. The Hall–Kier alpha value is -3.73. The van der Waals surface area contributed by atoms with Gasteiger partial charge in [0, 0.05) is 23.7 Å². The molecule has 0 saturated heterocycles. The van der Waals surface area contributed by atoms with Gasteiger partial charge in [0.15, 0.2) is 22.5 Å². The summed E-state index contributed by atoms with van der Waals surface area (Å²) < 4.78 is 23.1. The lowest BCUT2D eigenvalue weighted by atomic mass is 10.2. The summed E-state index contributed by atoms with van der Waals surface area (Å²) in [6, 6.07) is 10.9. The van der Waals surface area contributed by atoms with Crippen LogP contribution in [0, 0.1) is 0 Å². The van der Waals surface area contributed by atoms with E-state index in [1.807, 2.05) is 29.7 Å². The molecule has 3 rings (SSSR count). The minimum Gasteiger partial charge on any atom is -0.497 e. The van der Waals surface area contributed by atoms with Crippen LogP contribution in [0.1, 0.15) is 12.5 Å². The molecule has 1 heterocycles. The number of ether oxygens (including phenoxy) is 4. The van der Waals surface area contributed by atoms with Crippen molar-refractivity contribution in [2.24, 2.45) is 5.10 Å². The fourth-order valence-corrected chi connectivity index (χ4v) is 3.93. The van der Waals surface area contributed by atoms with Crippen LogP contribution in [-0.2, 0) is 11.3 Å². The number of carbonyl (C=O) groups excluding carboxylic acids is 1. The lowest BCUT2D eigenvalue weighted by Gasteiger charge is -2.10. The molecular weight excluding hydrogens is 458 g/mol. The van der Waals surface area contributed by atoms with Gasteiger partial charge in [-0.3, -0.25) is 4.79 Å². The molecule has 0 unspecified atom stereocenters. The molecule has 34 heavy (non-hydrogen) atoms. The molecule has 1 amide bonds. The van der Waals surface area contributed by atoms with E-state index in [4.69, 9.17) is 18.9 Å². The van der Waals surface area contributed by atoms with Crippen LogP contribution < -0.4 is 24.4 Å². The first-order chi connectivity index (χ1) is 16.5. The molecule has 0 aliphatic rings. The highest BCUT2D eigenvalue weighted by molar-refractivity contribution is 7.99. The van der Waals surface area contributed by atoms with Gasteiger partial charge in [-0.1, -0.05) is 11.8 Å². The van der Waals surface area contributed by atoms with Crippen molar-refractivity contribution < 1.29 is 23.7 Å². The third-order valence-electron chi connectivity index (χ3n) is 4.84. The van der Waals surface area contributed by atoms with Crippen LogP contribution in [-0.4, -0.2) is 61.1 Å². The molecule has 11 heteroatoms. The first-order valence-corrected chi connectivity index (χ1v) is 11.3. The Labute approximate surface area is 202 Å². The average molecular weight is 486 g/mol. The molecular formula is C23H27N5O5S. The molecule has 0 bridgehead atoms. The van der Waals surface area contributed by atoms with Gasteiger partial charge in [0.25, 0.3) is 5.91 Å². The summed E-state index contributed by atoms with van der Waals surface area (Å²) in [5.41, 5.74) is 4.06. The minimum absolute atomic E-state index is 0.126. The van der Waals surface area contributed by atoms with Gasteiger partial charge in [0.2, 0.25) is 0 Å². The van der Waals surface area contributed by atoms with Crippen LogP contribution in [0.2, 0.25) is 0 Å². The number of carbonyl (C=O) groups is 1. The lowest BCUT2D eigenvalue weighted by Crippen LogP contribution is -2.20. The van der Waals surface area contributed by atoms with E-state index in [-0.39, 0.29) is 11.7 Å². The molecule has 0 fully saturated rings. The number of amides is 1. The fraction of sp³-hybridized carbons (Fsp3) is 0.304. The molecule has 0 saturated carbocycles. The molecule has 0 atom stereocenters. The maximum Gasteiger partial charge on any atom is 0.250 e. The lowest BCUT2D eigenvalue weighted by molar-refractivity contribution is -0.118. The van der Waals surface area contributed by atoms with Gasteiger partial charge in [-0.25, -0.2) is 5.43 Å². The summed E-state index contributed by atoms with van der Waals surface area (Å²) in [7, 11) is 6.31. The standard InChI is InChI=1S/C23H27N5O5S/c1-6-28-22(15-8-10-18(31-3)20(11-15)33-5)26-27-23(28)34-14-21(29)25-24-13-16-7-9-17(30-2)12-19(16)32-4/h7-13H,6,14H2,1-5H3,(H,25,29). The molecule has 0 aliphatic carbocycles. The summed E-state index contributed by atoms with van der Waals surface area (Å²) in [6.07, 6.45) is 1.52. The molecule has 3 aromatic rings. The third kappa shape index (κ3) is 5.79. The number of thioether (sulfide) groups is 1. The largest absolute Gasteiger partial charge is 0.497 e. The molecule has 0 spiro atoms. The molecule has 0 aliphatic heterocycles. The maximum absolute atomic E-state index is 12.3. The number of nitrogens with zero attached hydrogens (tertiary/aromatic N) is 4. The molecule has 1 aromatic heterocycles. The predicted molar refractivity (Wildman–Crippen MR) is 130 cm³/mol. The summed E-state index contributed by atoms with van der Waals surface area (Å²) in [5.74, 6) is 3.02. The Kier molecular flexibility index (Phi) is 8.74. The summed E-state index contributed by atoms with van der Waals surface area (Å²) >= 11 is 1.28. The highest BCUT2D eigenvalue weighted by atomic mass is 32.2. The highest BCUT2D eigenvalue weighted by Gasteiger charge is 2.16. The van der Waals surface area contributed by atoms with E-state index in [9.17, 15) is 4.79 Å². The molecule has 10 nitrogen and oxygen atoms in total. The smallest absolute Gasteiger partial charge is 0.250 e. The third-order valence-corrected chi connectivity index (χ3v) is 5.81. The van der Waals surface area contributed by atoms with E-state index in [1.54, 1.807) is 46.6 Å². The van der Waals surface area contributed by atoms with Gasteiger partial charge in [0.1, 0.15) is 11.5 Å². The highest BCUT2D eigenvalue weighted by Crippen LogP contribution is 2.32. The normalized spacial score (nSPS) is 10.9. The number of hydrogen-bond acceptors (Lipinski definition) is 9.